The number of aromatic nitrogens is 3. The van der Waals surface area contributed by atoms with Crippen molar-refractivity contribution in [3.05, 3.63) is 35.7 Å². The number of thioether (sulfide) groups is 1. The van der Waals surface area contributed by atoms with Gasteiger partial charge in [0.05, 0.1) is 5.92 Å². The van der Waals surface area contributed by atoms with Gasteiger partial charge < -0.3 is 9.88 Å². The quantitative estimate of drug-likeness (QED) is 0.881. The van der Waals surface area contributed by atoms with Gasteiger partial charge >= 0.3 is 0 Å². The normalized spacial score (nSPS) is 18.1. The Morgan fingerprint density at radius 3 is 2.94 bits per heavy atom. The summed E-state index contributed by atoms with van der Waals surface area (Å²) in [7, 11) is 3.87. The number of benzene rings is 1. The maximum atomic E-state index is 4.30. The van der Waals surface area contributed by atoms with Gasteiger partial charge in [-0.2, -0.15) is 0 Å². The third kappa shape index (κ3) is 1.61. The van der Waals surface area contributed by atoms with Crippen LogP contribution in [0.5, 0.6) is 0 Å². The minimum absolute atomic E-state index is 0.357. The third-order valence-corrected chi connectivity index (χ3v) is 4.33. The molecule has 3 rings (SSSR count). The minimum Gasteiger partial charge on any atom is -0.357 e. The first kappa shape index (κ1) is 10.7. The Morgan fingerprint density at radius 1 is 1.35 bits per heavy atom. The predicted molar refractivity (Wildman–Crippen MR) is 69.6 cm³/mol. The van der Waals surface area contributed by atoms with E-state index in [1.54, 1.807) is 0 Å². The SMILES string of the molecule is CNc1nnc(C2CSc3ccccc32)n1C. The molecule has 88 valence electrons. The van der Waals surface area contributed by atoms with Gasteiger partial charge in [-0.15, -0.1) is 22.0 Å². The van der Waals surface area contributed by atoms with E-state index in [1.165, 1.54) is 10.5 Å². The van der Waals surface area contributed by atoms with E-state index in [1.807, 2.05) is 30.4 Å². The van der Waals surface area contributed by atoms with Crippen LogP contribution in [0.3, 0.4) is 0 Å². The summed E-state index contributed by atoms with van der Waals surface area (Å²) < 4.78 is 2.04. The molecule has 1 aromatic carbocycles. The van der Waals surface area contributed by atoms with Crippen LogP contribution < -0.4 is 5.32 Å². The van der Waals surface area contributed by atoms with Gasteiger partial charge in [0.1, 0.15) is 5.82 Å². The van der Waals surface area contributed by atoms with Crippen molar-refractivity contribution in [3.63, 3.8) is 0 Å². The van der Waals surface area contributed by atoms with Gasteiger partial charge in [0, 0.05) is 24.7 Å². The molecule has 0 saturated carbocycles. The van der Waals surface area contributed by atoms with Crippen molar-refractivity contribution in [2.24, 2.45) is 7.05 Å². The Kier molecular flexibility index (Phi) is 2.55. The maximum absolute atomic E-state index is 4.30. The summed E-state index contributed by atoms with van der Waals surface area (Å²) in [5.41, 5.74) is 1.37. The van der Waals surface area contributed by atoms with Crippen LogP contribution in [0.2, 0.25) is 0 Å². The molecule has 1 N–H and O–H groups in total. The van der Waals surface area contributed by atoms with Gasteiger partial charge in [-0.05, 0) is 11.6 Å². The highest BCUT2D eigenvalue weighted by Crippen LogP contribution is 2.42. The standard InChI is InChI=1S/C12H14N4S/c1-13-12-15-14-11(16(12)2)9-7-17-10-6-4-3-5-8(9)10/h3-6,9H,7H2,1-2H3,(H,13,15). The van der Waals surface area contributed by atoms with E-state index in [0.29, 0.717) is 5.92 Å². The Morgan fingerprint density at radius 2 is 2.18 bits per heavy atom. The van der Waals surface area contributed by atoms with E-state index in [2.05, 4.69) is 39.8 Å². The highest BCUT2D eigenvalue weighted by atomic mass is 32.2. The van der Waals surface area contributed by atoms with Crippen LogP contribution in [0.4, 0.5) is 5.95 Å². The zero-order valence-electron chi connectivity index (χ0n) is 9.84. The Labute approximate surface area is 104 Å². The van der Waals surface area contributed by atoms with Gasteiger partial charge in [0.2, 0.25) is 5.95 Å². The topological polar surface area (TPSA) is 42.7 Å². The summed E-state index contributed by atoms with van der Waals surface area (Å²) in [4.78, 5) is 1.37. The molecule has 2 aromatic rings. The molecule has 1 aliphatic rings. The Bertz CT molecular complexity index is 549. The fourth-order valence-corrected chi connectivity index (χ4v) is 3.47. The number of nitrogens with one attached hydrogen (secondary N) is 1. The summed E-state index contributed by atoms with van der Waals surface area (Å²) in [6, 6.07) is 8.54. The van der Waals surface area contributed by atoms with Gasteiger partial charge in [-0.3, -0.25) is 0 Å². The summed E-state index contributed by atoms with van der Waals surface area (Å²) in [5, 5.41) is 11.5. The molecule has 0 spiro atoms. The third-order valence-electron chi connectivity index (χ3n) is 3.14. The molecule has 1 aliphatic heterocycles. The van der Waals surface area contributed by atoms with E-state index < -0.39 is 0 Å². The van der Waals surface area contributed by atoms with Crippen LogP contribution in [-0.4, -0.2) is 27.6 Å². The van der Waals surface area contributed by atoms with Gasteiger partial charge in [0.25, 0.3) is 0 Å². The molecule has 17 heavy (non-hydrogen) atoms. The van der Waals surface area contributed by atoms with Crippen molar-refractivity contribution in [2.75, 3.05) is 18.1 Å². The lowest BCUT2D eigenvalue weighted by molar-refractivity contribution is 0.747. The average molecular weight is 246 g/mol. The number of hydrogen-bond acceptors (Lipinski definition) is 4. The lowest BCUT2D eigenvalue weighted by Gasteiger charge is -2.10. The number of rotatable bonds is 2. The van der Waals surface area contributed by atoms with Crippen LogP contribution >= 0.6 is 11.8 Å². The molecule has 2 heterocycles. The second-order valence-electron chi connectivity index (χ2n) is 4.09. The maximum Gasteiger partial charge on any atom is 0.224 e. The monoisotopic (exact) mass is 246 g/mol. The Balaban J connectivity index is 2.04. The molecule has 4 nitrogen and oxygen atoms in total. The molecule has 5 heteroatoms. The second-order valence-corrected chi connectivity index (χ2v) is 5.15. The van der Waals surface area contributed by atoms with Crippen molar-refractivity contribution in [2.45, 2.75) is 10.8 Å². The number of nitrogens with zero attached hydrogens (tertiary/aromatic N) is 3. The van der Waals surface area contributed by atoms with Gasteiger partial charge in [0.15, 0.2) is 0 Å². The predicted octanol–water partition coefficient (Wildman–Crippen LogP) is 2.09. The summed E-state index contributed by atoms with van der Waals surface area (Å²) in [5.74, 6) is 3.26. The first-order valence-electron chi connectivity index (χ1n) is 5.60. The smallest absolute Gasteiger partial charge is 0.224 e. The molecule has 1 atom stereocenters. The van der Waals surface area contributed by atoms with Crippen LogP contribution in [-0.2, 0) is 7.05 Å². The first-order valence-corrected chi connectivity index (χ1v) is 6.58. The van der Waals surface area contributed by atoms with Crippen molar-refractivity contribution >= 4 is 17.7 Å². The summed E-state index contributed by atoms with van der Waals surface area (Å²) in [6.07, 6.45) is 0. The number of fused-ring (bicyclic) bond motifs is 1. The molecule has 0 bridgehead atoms. The van der Waals surface area contributed by atoms with E-state index in [-0.39, 0.29) is 0 Å². The lowest BCUT2D eigenvalue weighted by Crippen LogP contribution is -2.08. The van der Waals surface area contributed by atoms with Crippen LogP contribution in [0.15, 0.2) is 29.2 Å². The van der Waals surface area contributed by atoms with Crippen molar-refractivity contribution in [1.29, 1.82) is 0 Å². The van der Waals surface area contributed by atoms with Crippen LogP contribution in [0, 0.1) is 0 Å². The van der Waals surface area contributed by atoms with Crippen LogP contribution in [0.1, 0.15) is 17.3 Å². The molecule has 0 amide bonds. The highest BCUT2D eigenvalue weighted by Gasteiger charge is 2.28. The molecule has 0 radical (unpaired) electrons. The molecule has 0 aliphatic carbocycles. The van der Waals surface area contributed by atoms with E-state index >= 15 is 0 Å². The van der Waals surface area contributed by atoms with E-state index in [9.17, 15) is 0 Å². The van der Waals surface area contributed by atoms with Crippen molar-refractivity contribution in [1.82, 2.24) is 14.8 Å². The summed E-state index contributed by atoms with van der Waals surface area (Å²) in [6.45, 7) is 0. The summed E-state index contributed by atoms with van der Waals surface area (Å²) >= 11 is 1.89. The zero-order chi connectivity index (χ0) is 11.8. The highest BCUT2D eigenvalue weighted by molar-refractivity contribution is 7.99. The zero-order valence-corrected chi connectivity index (χ0v) is 10.7. The van der Waals surface area contributed by atoms with Gasteiger partial charge in [-0.1, -0.05) is 18.2 Å². The van der Waals surface area contributed by atoms with Gasteiger partial charge in [-0.25, -0.2) is 0 Å². The van der Waals surface area contributed by atoms with Crippen molar-refractivity contribution < 1.29 is 0 Å². The number of anilines is 1. The number of hydrogen-bond donors (Lipinski definition) is 1. The molecular formula is C12H14N4S. The first-order chi connectivity index (χ1) is 8.31. The molecule has 1 aromatic heterocycles. The molecule has 0 saturated heterocycles. The second kappa shape index (κ2) is 4.07. The average Bonchev–Trinajstić information content (AvgIpc) is 2.92. The largest absolute Gasteiger partial charge is 0.357 e. The minimum atomic E-state index is 0.357. The fourth-order valence-electron chi connectivity index (χ4n) is 2.24. The lowest BCUT2D eigenvalue weighted by atomic mass is 10.0. The fraction of sp³-hybridized carbons (Fsp3) is 0.333. The van der Waals surface area contributed by atoms with E-state index in [0.717, 1.165) is 17.5 Å². The van der Waals surface area contributed by atoms with Crippen molar-refractivity contribution in [3.8, 4) is 0 Å². The van der Waals surface area contributed by atoms with E-state index in [4.69, 9.17) is 0 Å². The molecule has 1 unspecified atom stereocenters. The van der Waals surface area contributed by atoms with Crippen LogP contribution in [0.25, 0.3) is 0 Å². The Hall–Kier alpha value is -1.49. The molecular weight excluding hydrogens is 232 g/mol. The molecule has 0 fully saturated rings.